The van der Waals surface area contributed by atoms with E-state index < -0.39 is 0 Å². The van der Waals surface area contributed by atoms with Crippen LogP contribution in [0.15, 0.2) is 42.5 Å². The predicted octanol–water partition coefficient (Wildman–Crippen LogP) is 3.56. The van der Waals surface area contributed by atoms with Crippen LogP contribution in [0.3, 0.4) is 0 Å². The molecule has 4 nitrogen and oxygen atoms in total. The molecule has 0 spiro atoms. The quantitative estimate of drug-likeness (QED) is 0.738. The Morgan fingerprint density at radius 1 is 0.958 bits per heavy atom. The molecule has 0 heterocycles. The van der Waals surface area contributed by atoms with Crippen LogP contribution in [0.4, 0.5) is 0 Å². The van der Waals surface area contributed by atoms with Crippen molar-refractivity contribution in [1.29, 1.82) is 0 Å². The largest absolute Gasteiger partial charge is 0.504 e. The molecule has 0 aromatic heterocycles. The number of aryl methyl sites for hydroxylation is 1. The Morgan fingerprint density at radius 2 is 1.67 bits per heavy atom. The van der Waals surface area contributed by atoms with Gasteiger partial charge in [0.05, 0.1) is 14.2 Å². The van der Waals surface area contributed by atoms with Crippen LogP contribution in [-0.4, -0.2) is 31.9 Å². The topological polar surface area (TPSA) is 50.7 Å². The van der Waals surface area contributed by atoms with Crippen molar-refractivity contribution in [2.45, 2.75) is 32.2 Å². The summed E-state index contributed by atoms with van der Waals surface area (Å²) in [7, 11) is 3.25. The maximum Gasteiger partial charge on any atom is 0.160 e. The van der Waals surface area contributed by atoms with E-state index in [1.165, 1.54) is 5.56 Å². The molecule has 0 fully saturated rings. The number of aromatic hydroxyl groups is 1. The SMILES string of the molecule is COc1ccc(CCC(C)NCCc2ccc(O)c(OC)c2)cc1. The molecule has 130 valence electrons. The second kappa shape index (κ2) is 9.18. The summed E-state index contributed by atoms with van der Waals surface area (Å²) in [6.45, 7) is 3.11. The van der Waals surface area contributed by atoms with Crippen LogP contribution in [-0.2, 0) is 12.8 Å². The fourth-order valence-electron chi connectivity index (χ4n) is 2.62. The number of benzene rings is 2. The highest BCUT2D eigenvalue weighted by atomic mass is 16.5. The van der Waals surface area contributed by atoms with E-state index in [0.29, 0.717) is 11.8 Å². The van der Waals surface area contributed by atoms with Crippen molar-refractivity contribution in [2.24, 2.45) is 0 Å². The lowest BCUT2D eigenvalue weighted by molar-refractivity contribution is 0.373. The van der Waals surface area contributed by atoms with Crippen molar-refractivity contribution in [2.75, 3.05) is 20.8 Å². The van der Waals surface area contributed by atoms with Gasteiger partial charge in [-0.2, -0.15) is 0 Å². The number of nitrogens with one attached hydrogen (secondary N) is 1. The van der Waals surface area contributed by atoms with E-state index in [1.54, 1.807) is 20.3 Å². The van der Waals surface area contributed by atoms with Crippen molar-refractivity contribution in [3.63, 3.8) is 0 Å². The lowest BCUT2D eigenvalue weighted by Crippen LogP contribution is -2.28. The van der Waals surface area contributed by atoms with Gasteiger partial charge in [-0.3, -0.25) is 0 Å². The molecule has 0 saturated carbocycles. The minimum Gasteiger partial charge on any atom is -0.504 e. The molecule has 0 bridgehead atoms. The lowest BCUT2D eigenvalue weighted by atomic mass is 10.1. The van der Waals surface area contributed by atoms with Crippen molar-refractivity contribution in [1.82, 2.24) is 5.32 Å². The molecule has 0 saturated heterocycles. The highest BCUT2D eigenvalue weighted by Crippen LogP contribution is 2.26. The molecule has 1 atom stereocenters. The highest BCUT2D eigenvalue weighted by Gasteiger charge is 2.05. The number of hydrogen-bond donors (Lipinski definition) is 2. The maximum absolute atomic E-state index is 9.61. The van der Waals surface area contributed by atoms with Gasteiger partial charge in [-0.1, -0.05) is 18.2 Å². The monoisotopic (exact) mass is 329 g/mol. The summed E-state index contributed by atoms with van der Waals surface area (Å²) in [4.78, 5) is 0. The average molecular weight is 329 g/mol. The van der Waals surface area contributed by atoms with Crippen molar-refractivity contribution >= 4 is 0 Å². The van der Waals surface area contributed by atoms with Gasteiger partial charge in [-0.15, -0.1) is 0 Å². The number of phenols is 1. The minimum absolute atomic E-state index is 0.182. The van der Waals surface area contributed by atoms with E-state index in [9.17, 15) is 5.11 Å². The van der Waals surface area contributed by atoms with Gasteiger partial charge in [0.25, 0.3) is 0 Å². The molecule has 0 amide bonds. The number of methoxy groups -OCH3 is 2. The van der Waals surface area contributed by atoms with E-state index in [0.717, 1.165) is 37.1 Å². The summed E-state index contributed by atoms with van der Waals surface area (Å²) in [5, 5.41) is 13.2. The minimum atomic E-state index is 0.182. The molecule has 0 aliphatic carbocycles. The number of phenolic OH excluding ortho intramolecular Hbond substituents is 1. The third kappa shape index (κ3) is 5.46. The Kier molecular flexibility index (Phi) is 6.94. The molecule has 2 N–H and O–H groups in total. The second-order valence-electron chi connectivity index (χ2n) is 6.00. The molecule has 0 radical (unpaired) electrons. The van der Waals surface area contributed by atoms with Crippen LogP contribution in [0.5, 0.6) is 17.2 Å². The molecule has 24 heavy (non-hydrogen) atoms. The van der Waals surface area contributed by atoms with Crippen LogP contribution in [0.2, 0.25) is 0 Å². The van der Waals surface area contributed by atoms with E-state index in [1.807, 2.05) is 24.3 Å². The normalized spacial score (nSPS) is 12.0. The summed E-state index contributed by atoms with van der Waals surface area (Å²) in [6, 6.07) is 14.2. The van der Waals surface area contributed by atoms with Crippen LogP contribution >= 0.6 is 0 Å². The summed E-state index contributed by atoms with van der Waals surface area (Å²) >= 11 is 0. The van der Waals surface area contributed by atoms with Crippen LogP contribution in [0.25, 0.3) is 0 Å². The number of rotatable bonds is 9. The molecular weight excluding hydrogens is 302 g/mol. The highest BCUT2D eigenvalue weighted by molar-refractivity contribution is 5.41. The molecule has 0 aliphatic heterocycles. The molecule has 2 aromatic carbocycles. The van der Waals surface area contributed by atoms with Crippen molar-refractivity contribution in [3.05, 3.63) is 53.6 Å². The fraction of sp³-hybridized carbons (Fsp3) is 0.400. The van der Waals surface area contributed by atoms with Gasteiger partial charge in [-0.05, 0) is 68.1 Å². The first-order chi connectivity index (χ1) is 11.6. The van der Waals surface area contributed by atoms with Crippen LogP contribution in [0, 0.1) is 0 Å². The summed E-state index contributed by atoms with van der Waals surface area (Å²) in [5.74, 6) is 1.61. The first kappa shape index (κ1) is 18.1. The van der Waals surface area contributed by atoms with Gasteiger partial charge in [0.1, 0.15) is 5.75 Å². The van der Waals surface area contributed by atoms with Crippen molar-refractivity contribution < 1.29 is 14.6 Å². The van der Waals surface area contributed by atoms with Gasteiger partial charge in [0.2, 0.25) is 0 Å². The van der Waals surface area contributed by atoms with Gasteiger partial charge in [0.15, 0.2) is 11.5 Å². The fourth-order valence-corrected chi connectivity index (χ4v) is 2.62. The molecule has 0 aliphatic rings. The number of hydrogen-bond acceptors (Lipinski definition) is 4. The van der Waals surface area contributed by atoms with Gasteiger partial charge < -0.3 is 19.9 Å². The second-order valence-corrected chi connectivity index (χ2v) is 6.00. The first-order valence-corrected chi connectivity index (χ1v) is 8.34. The third-order valence-corrected chi connectivity index (χ3v) is 4.18. The zero-order valence-electron chi connectivity index (χ0n) is 14.7. The molecule has 4 heteroatoms. The summed E-state index contributed by atoms with van der Waals surface area (Å²) in [6.07, 6.45) is 3.04. The van der Waals surface area contributed by atoms with E-state index in [4.69, 9.17) is 9.47 Å². The average Bonchev–Trinajstić information content (AvgIpc) is 2.61. The van der Waals surface area contributed by atoms with E-state index in [2.05, 4.69) is 24.4 Å². The molecule has 1 unspecified atom stereocenters. The zero-order valence-corrected chi connectivity index (χ0v) is 14.7. The van der Waals surface area contributed by atoms with Gasteiger partial charge >= 0.3 is 0 Å². The molecule has 2 aromatic rings. The first-order valence-electron chi connectivity index (χ1n) is 8.34. The predicted molar refractivity (Wildman–Crippen MR) is 97.1 cm³/mol. The third-order valence-electron chi connectivity index (χ3n) is 4.18. The van der Waals surface area contributed by atoms with E-state index >= 15 is 0 Å². The number of ether oxygens (including phenoxy) is 2. The summed E-state index contributed by atoms with van der Waals surface area (Å²) < 4.78 is 10.3. The van der Waals surface area contributed by atoms with E-state index in [-0.39, 0.29) is 5.75 Å². The van der Waals surface area contributed by atoms with Crippen molar-refractivity contribution in [3.8, 4) is 17.2 Å². The summed E-state index contributed by atoms with van der Waals surface area (Å²) in [5.41, 5.74) is 2.48. The Hall–Kier alpha value is -2.20. The standard InChI is InChI=1S/C20H27NO3/c1-15(4-5-16-6-9-18(23-2)10-7-16)21-13-12-17-8-11-19(22)20(14-17)24-3/h6-11,14-15,21-22H,4-5,12-13H2,1-3H3. The van der Waals surface area contributed by atoms with Crippen LogP contribution in [0.1, 0.15) is 24.5 Å². The lowest BCUT2D eigenvalue weighted by Gasteiger charge is -2.14. The Morgan fingerprint density at radius 3 is 2.33 bits per heavy atom. The maximum atomic E-state index is 9.61. The van der Waals surface area contributed by atoms with Crippen LogP contribution < -0.4 is 14.8 Å². The Balaban J connectivity index is 1.71. The smallest absolute Gasteiger partial charge is 0.160 e. The van der Waals surface area contributed by atoms with Gasteiger partial charge in [-0.25, -0.2) is 0 Å². The molecular formula is C20H27NO3. The molecule has 2 rings (SSSR count). The van der Waals surface area contributed by atoms with Gasteiger partial charge in [0, 0.05) is 6.04 Å². The Bertz CT molecular complexity index is 625. The Labute approximate surface area is 144 Å². The zero-order chi connectivity index (χ0) is 17.4.